The van der Waals surface area contributed by atoms with Crippen molar-refractivity contribution >= 4 is 30.4 Å². The molecule has 1 amide bonds. The third-order valence-electron chi connectivity index (χ3n) is 6.10. The number of ether oxygens (including phenoxy) is 1. The van der Waals surface area contributed by atoms with Crippen LogP contribution in [0.1, 0.15) is 67.7 Å². The second-order valence-electron chi connectivity index (χ2n) is 10.5. The Labute approximate surface area is 191 Å². The summed E-state index contributed by atoms with van der Waals surface area (Å²) in [4.78, 5) is 23.2. The zero-order chi connectivity index (χ0) is 22.9. The summed E-state index contributed by atoms with van der Waals surface area (Å²) in [7, 11) is -0.440. The number of piperidine rings is 1. The standard InChI is InChI=1S/C22H36BN3O4S/c1-20(2,3)28-19(27)26-11-8-9-16(15-26)10-12-31-18-24-13-17(14-25-18)23-29-21(4,5)22(6,7)30-23/h13-14,16H,8-12,15H2,1-7H3/t16-/m0/s1. The maximum atomic E-state index is 12.3. The van der Waals surface area contributed by atoms with Gasteiger partial charge in [0.05, 0.1) is 11.2 Å². The van der Waals surface area contributed by atoms with E-state index in [9.17, 15) is 4.79 Å². The number of rotatable bonds is 5. The summed E-state index contributed by atoms with van der Waals surface area (Å²) in [6.45, 7) is 15.4. The summed E-state index contributed by atoms with van der Waals surface area (Å²) in [6.07, 6.45) is 6.57. The lowest BCUT2D eigenvalue weighted by Crippen LogP contribution is -2.43. The van der Waals surface area contributed by atoms with Gasteiger partial charge in [0.2, 0.25) is 0 Å². The van der Waals surface area contributed by atoms with E-state index in [0.29, 0.717) is 5.92 Å². The molecule has 0 N–H and O–H groups in total. The van der Waals surface area contributed by atoms with Gasteiger partial charge < -0.3 is 18.9 Å². The average Bonchev–Trinajstić information content (AvgIpc) is 2.88. The second kappa shape index (κ2) is 9.28. The van der Waals surface area contributed by atoms with Gasteiger partial charge in [-0.05, 0) is 73.6 Å². The van der Waals surface area contributed by atoms with Crippen molar-refractivity contribution in [2.45, 2.75) is 89.7 Å². The third kappa shape index (κ3) is 6.36. The average molecular weight is 449 g/mol. The Morgan fingerprint density at radius 2 is 1.84 bits per heavy atom. The molecule has 2 aliphatic heterocycles. The first-order chi connectivity index (χ1) is 14.4. The van der Waals surface area contributed by atoms with E-state index in [2.05, 4.69) is 9.97 Å². The smallest absolute Gasteiger partial charge is 0.444 e. The Balaban J connectivity index is 1.45. The molecule has 0 saturated carbocycles. The molecule has 3 rings (SSSR count). The fourth-order valence-corrected chi connectivity index (χ4v) is 4.50. The minimum atomic E-state index is -0.455. The van der Waals surface area contributed by atoms with E-state index < -0.39 is 12.7 Å². The van der Waals surface area contributed by atoms with Gasteiger partial charge in [-0.3, -0.25) is 0 Å². The van der Waals surface area contributed by atoms with Gasteiger partial charge >= 0.3 is 13.2 Å². The van der Waals surface area contributed by atoms with Gasteiger partial charge in [-0.1, -0.05) is 11.8 Å². The highest BCUT2D eigenvalue weighted by atomic mass is 32.2. The summed E-state index contributed by atoms with van der Waals surface area (Å²) in [5.41, 5.74) is -0.372. The lowest BCUT2D eigenvalue weighted by Gasteiger charge is -2.34. The monoisotopic (exact) mass is 449 g/mol. The Morgan fingerprint density at radius 3 is 2.42 bits per heavy atom. The largest absolute Gasteiger partial charge is 0.498 e. The Kier molecular flexibility index (Phi) is 7.28. The molecule has 7 nitrogen and oxygen atoms in total. The van der Waals surface area contributed by atoms with E-state index in [1.165, 1.54) is 0 Å². The van der Waals surface area contributed by atoms with Gasteiger partial charge in [-0.2, -0.15) is 0 Å². The predicted molar refractivity (Wildman–Crippen MR) is 124 cm³/mol. The first-order valence-corrected chi connectivity index (χ1v) is 12.1. The van der Waals surface area contributed by atoms with Crippen LogP contribution in [0.3, 0.4) is 0 Å². The molecule has 1 atom stereocenters. The van der Waals surface area contributed by atoms with Gasteiger partial charge in [-0.25, -0.2) is 14.8 Å². The molecule has 2 saturated heterocycles. The lowest BCUT2D eigenvalue weighted by atomic mass is 9.81. The molecule has 31 heavy (non-hydrogen) atoms. The van der Waals surface area contributed by atoms with Crippen LogP contribution < -0.4 is 5.46 Å². The van der Waals surface area contributed by atoms with Crippen molar-refractivity contribution in [3.63, 3.8) is 0 Å². The molecule has 0 spiro atoms. The van der Waals surface area contributed by atoms with Crippen molar-refractivity contribution in [3.05, 3.63) is 12.4 Å². The van der Waals surface area contributed by atoms with Crippen molar-refractivity contribution in [2.24, 2.45) is 5.92 Å². The van der Waals surface area contributed by atoms with Crippen molar-refractivity contribution in [1.82, 2.24) is 14.9 Å². The van der Waals surface area contributed by atoms with E-state index in [-0.39, 0.29) is 17.3 Å². The quantitative estimate of drug-likeness (QED) is 0.383. The lowest BCUT2D eigenvalue weighted by molar-refractivity contribution is 0.00578. The van der Waals surface area contributed by atoms with Crippen LogP contribution in [0.2, 0.25) is 0 Å². The number of hydrogen-bond acceptors (Lipinski definition) is 7. The highest BCUT2D eigenvalue weighted by molar-refractivity contribution is 7.99. The van der Waals surface area contributed by atoms with E-state index in [1.54, 1.807) is 24.2 Å². The van der Waals surface area contributed by atoms with Crippen LogP contribution in [0.25, 0.3) is 0 Å². The summed E-state index contributed by atoms with van der Waals surface area (Å²) < 4.78 is 17.6. The van der Waals surface area contributed by atoms with Gasteiger partial charge in [0, 0.05) is 36.7 Å². The Hall–Kier alpha value is -1.32. The molecule has 0 unspecified atom stereocenters. The molecule has 1 aromatic rings. The van der Waals surface area contributed by atoms with Crippen LogP contribution in [0.15, 0.2) is 17.6 Å². The van der Waals surface area contributed by atoms with E-state index >= 15 is 0 Å². The van der Waals surface area contributed by atoms with Crippen molar-refractivity contribution in [3.8, 4) is 0 Å². The molecule has 2 aliphatic rings. The summed E-state index contributed by atoms with van der Waals surface area (Å²) >= 11 is 1.65. The topological polar surface area (TPSA) is 73.8 Å². The van der Waals surface area contributed by atoms with Crippen molar-refractivity contribution in [2.75, 3.05) is 18.8 Å². The molecular formula is C22H36BN3O4S. The number of hydrogen-bond donors (Lipinski definition) is 0. The number of carbonyl (C=O) groups excluding carboxylic acids is 1. The molecule has 172 valence electrons. The van der Waals surface area contributed by atoms with E-state index in [1.807, 2.05) is 53.4 Å². The maximum absolute atomic E-state index is 12.3. The predicted octanol–water partition coefficient (Wildman–Crippen LogP) is 3.91. The number of aromatic nitrogens is 2. The second-order valence-corrected chi connectivity index (χ2v) is 11.5. The van der Waals surface area contributed by atoms with Crippen molar-refractivity contribution in [1.29, 1.82) is 0 Å². The molecule has 0 aromatic carbocycles. The van der Waals surface area contributed by atoms with Crippen LogP contribution in [-0.2, 0) is 14.0 Å². The number of amides is 1. The Morgan fingerprint density at radius 1 is 1.23 bits per heavy atom. The SMILES string of the molecule is CC(C)(C)OC(=O)N1CCC[C@@H](CCSc2ncc(B3OC(C)(C)C(C)(C)O3)cn2)C1. The fraction of sp³-hybridized carbons (Fsp3) is 0.773. The van der Waals surface area contributed by atoms with Crippen LogP contribution in [0.5, 0.6) is 0 Å². The minimum Gasteiger partial charge on any atom is -0.444 e. The zero-order valence-electron chi connectivity index (χ0n) is 19.9. The number of carbonyl (C=O) groups is 1. The minimum absolute atomic E-state index is 0.202. The van der Waals surface area contributed by atoms with Gasteiger partial charge in [0.15, 0.2) is 5.16 Å². The molecule has 2 fully saturated rings. The van der Waals surface area contributed by atoms with Crippen molar-refractivity contribution < 1.29 is 18.8 Å². The molecule has 0 radical (unpaired) electrons. The number of nitrogens with zero attached hydrogens (tertiary/aromatic N) is 3. The van der Waals surface area contributed by atoms with Crippen LogP contribution in [0, 0.1) is 5.92 Å². The number of likely N-dealkylation sites (tertiary alicyclic amines) is 1. The normalized spacial score (nSPS) is 23.1. The Bertz CT molecular complexity index is 751. The third-order valence-corrected chi connectivity index (χ3v) is 7.01. The molecule has 0 aliphatic carbocycles. The van der Waals surface area contributed by atoms with Gasteiger partial charge in [0.25, 0.3) is 0 Å². The van der Waals surface area contributed by atoms with E-state index in [0.717, 1.165) is 48.7 Å². The fourth-order valence-electron chi connectivity index (χ4n) is 3.61. The number of thioether (sulfide) groups is 1. The first-order valence-electron chi connectivity index (χ1n) is 11.1. The molecule has 9 heteroatoms. The van der Waals surface area contributed by atoms with E-state index in [4.69, 9.17) is 14.0 Å². The molecule has 1 aromatic heterocycles. The molecular weight excluding hydrogens is 413 g/mol. The summed E-state index contributed by atoms with van der Waals surface area (Å²) in [5.74, 6) is 1.40. The van der Waals surface area contributed by atoms with Crippen LogP contribution >= 0.6 is 11.8 Å². The summed E-state index contributed by atoms with van der Waals surface area (Å²) in [6, 6.07) is 0. The highest BCUT2D eigenvalue weighted by Crippen LogP contribution is 2.36. The van der Waals surface area contributed by atoms with Gasteiger partial charge in [-0.15, -0.1) is 0 Å². The molecule has 3 heterocycles. The van der Waals surface area contributed by atoms with Crippen LogP contribution in [0.4, 0.5) is 4.79 Å². The summed E-state index contributed by atoms with van der Waals surface area (Å²) in [5, 5.41) is 0.750. The zero-order valence-corrected chi connectivity index (χ0v) is 20.8. The van der Waals surface area contributed by atoms with Crippen LogP contribution in [-0.4, -0.2) is 63.7 Å². The highest BCUT2D eigenvalue weighted by Gasteiger charge is 2.51. The molecule has 0 bridgehead atoms. The van der Waals surface area contributed by atoms with Gasteiger partial charge in [0.1, 0.15) is 5.60 Å². The maximum Gasteiger partial charge on any atom is 0.498 e. The first kappa shape index (κ1) is 24.3.